The number of hydrogen-bond acceptors (Lipinski definition) is 2. The summed E-state index contributed by atoms with van der Waals surface area (Å²) in [6, 6.07) is 0. The number of fused-ring (bicyclic) bond motifs is 1. The highest BCUT2D eigenvalue weighted by atomic mass is 19.3. The molecule has 15 heavy (non-hydrogen) atoms. The fourth-order valence-corrected chi connectivity index (χ4v) is 3.12. The van der Waals surface area contributed by atoms with Crippen LogP contribution < -0.4 is 0 Å². The number of halogens is 2. The van der Waals surface area contributed by atoms with Crippen molar-refractivity contribution in [1.82, 2.24) is 0 Å². The predicted octanol–water partition coefficient (Wildman–Crippen LogP) is 1.94. The van der Waals surface area contributed by atoms with Gasteiger partial charge in [0.1, 0.15) is 6.10 Å². The van der Waals surface area contributed by atoms with Crippen molar-refractivity contribution in [2.45, 2.75) is 56.7 Å². The molecule has 2 saturated carbocycles. The van der Waals surface area contributed by atoms with Crippen molar-refractivity contribution in [3.63, 3.8) is 0 Å². The summed E-state index contributed by atoms with van der Waals surface area (Å²) in [6.45, 7) is 1.46. The lowest BCUT2D eigenvalue weighted by atomic mass is 9.62. The van der Waals surface area contributed by atoms with Crippen LogP contribution in [0.1, 0.15) is 39.0 Å². The molecule has 0 unspecified atom stereocenters. The SMILES string of the molecule is C[C@H]1C[C@H]2CCCC[C@]2(O)[C@H](O)C1(F)F. The van der Waals surface area contributed by atoms with Gasteiger partial charge in [-0.1, -0.05) is 19.8 Å². The molecular formula is C11H18F2O2. The van der Waals surface area contributed by atoms with E-state index in [1.807, 2.05) is 0 Å². The van der Waals surface area contributed by atoms with Gasteiger partial charge in [0, 0.05) is 5.92 Å². The molecule has 0 aromatic rings. The monoisotopic (exact) mass is 220 g/mol. The molecule has 0 radical (unpaired) electrons. The standard InChI is InChI=1S/C11H18F2O2/c1-7-6-8-4-2-3-5-10(8,15)9(14)11(7,12)13/h7-9,14-15H,2-6H2,1H3/t7-,8+,9-,10+/m0/s1. The van der Waals surface area contributed by atoms with Gasteiger partial charge in [0.2, 0.25) is 0 Å². The summed E-state index contributed by atoms with van der Waals surface area (Å²) in [5.74, 6) is -4.14. The average Bonchev–Trinajstić information content (AvgIpc) is 2.18. The van der Waals surface area contributed by atoms with Crippen LogP contribution in [0.2, 0.25) is 0 Å². The van der Waals surface area contributed by atoms with E-state index in [9.17, 15) is 19.0 Å². The normalized spacial score (nSPS) is 49.8. The highest BCUT2D eigenvalue weighted by Crippen LogP contribution is 2.51. The zero-order valence-electron chi connectivity index (χ0n) is 8.92. The largest absolute Gasteiger partial charge is 0.387 e. The van der Waals surface area contributed by atoms with Crippen molar-refractivity contribution >= 4 is 0 Å². The second kappa shape index (κ2) is 3.39. The molecule has 2 aliphatic carbocycles. The highest BCUT2D eigenvalue weighted by Gasteiger charge is 2.62. The molecule has 2 rings (SSSR count). The maximum atomic E-state index is 13.6. The van der Waals surface area contributed by atoms with Crippen molar-refractivity contribution in [3.05, 3.63) is 0 Å². The molecule has 4 atom stereocenters. The minimum absolute atomic E-state index is 0.157. The van der Waals surface area contributed by atoms with Crippen LogP contribution >= 0.6 is 0 Å². The van der Waals surface area contributed by atoms with Gasteiger partial charge in [-0.25, -0.2) is 8.78 Å². The van der Waals surface area contributed by atoms with Gasteiger partial charge in [0.15, 0.2) is 0 Å². The second-order valence-electron chi connectivity index (χ2n) is 5.15. The molecule has 0 bridgehead atoms. The summed E-state index contributed by atoms with van der Waals surface area (Å²) in [6.07, 6.45) is 1.20. The minimum Gasteiger partial charge on any atom is -0.387 e. The third-order valence-corrected chi connectivity index (χ3v) is 4.22. The quantitative estimate of drug-likeness (QED) is 0.655. The fraction of sp³-hybridized carbons (Fsp3) is 1.00. The van der Waals surface area contributed by atoms with Crippen LogP contribution in [-0.4, -0.2) is 27.8 Å². The summed E-state index contributed by atoms with van der Waals surface area (Å²) < 4.78 is 27.2. The predicted molar refractivity (Wildman–Crippen MR) is 51.6 cm³/mol. The van der Waals surface area contributed by atoms with Gasteiger partial charge in [-0.15, -0.1) is 0 Å². The van der Waals surface area contributed by atoms with Crippen molar-refractivity contribution in [3.8, 4) is 0 Å². The molecule has 2 nitrogen and oxygen atoms in total. The summed E-state index contributed by atoms with van der Waals surface area (Å²) in [4.78, 5) is 0. The van der Waals surface area contributed by atoms with Gasteiger partial charge in [-0.3, -0.25) is 0 Å². The lowest BCUT2D eigenvalue weighted by Crippen LogP contribution is -2.64. The van der Waals surface area contributed by atoms with E-state index < -0.39 is 23.5 Å². The maximum absolute atomic E-state index is 13.6. The first-order valence-corrected chi connectivity index (χ1v) is 5.67. The molecule has 2 N–H and O–H groups in total. The Hall–Kier alpha value is -0.220. The van der Waals surface area contributed by atoms with E-state index in [0.717, 1.165) is 19.3 Å². The summed E-state index contributed by atoms with van der Waals surface area (Å²) >= 11 is 0. The van der Waals surface area contributed by atoms with E-state index in [0.29, 0.717) is 12.8 Å². The summed E-state index contributed by atoms with van der Waals surface area (Å²) in [7, 11) is 0. The van der Waals surface area contributed by atoms with Crippen LogP contribution in [0.4, 0.5) is 8.78 Å². The Morgan fingerprint density at radius 3 is 2.60 bits per heavy atom. The van der Waals surface area contributed by atoms with Gasteiger partial charge < -0.3 is 10.2 Å². The van der Waals surface area contributed by atoms with Gasteiger partial charge in [-0.2, -0.15) is 0 Å². The molecule has 2 aliphatic rings. The number of aliphatic hydroxyl groups is 2. The van der Waals surface area contributed by atoms with Gasteiger partial charge in [0.25, 0.3) is 5.92 Å². The van der Waals surface area contributed by atoms with Gasteiger partial charge in [-0.05, 0) is 25.2 Å². The Kier molecular flexibility index (Phi) is 2.54. The Morgan fingerprint density at radius 1 is 1.27 bits per heavy atom. The van der Waals surface area contributed by atoms with Crippen LogP contribution in [0, 0.1) is 11.8 Å². The Balaban J connectivity index is 2.29. The molecule has 88 valence electrons. The van der Waals surface area contributed by atoms with E-state index in [4.69, 9.17) is 0 Å². The second-order valence-corrected chi connectivity index (χ2v) is 5.15. The molecule has 0 aliphatic heterocycles. The van der Waals surface area contributed by atoms with Crippen LogP contribution in [-0.2, 0) is 0 Å². The molecule has 0 aromatic heterocycles. The molecule has 0 heterocycles. The Bertz CT molecular complexity index is 257. The van der Waals surface area contributed by atoms with E-state index in [1.54, 1.807) is 0 Å². The van der Waals surface area contributed by atoms with E-state index in [2.05, 4.69) is 0 Å². The Morgan fingerprint density at radius 2 is 1.93 bits per heavy atom. The first kappa shape index (κ1) is 11.3. The molecule has 0 spiro atoms. The van der Waals surface area contributed by atoms with Crippen molar-refractivity contribution < 1.29 is 19.0 Å². The van der Waals surface area contributed by atoms with Gasteiger partial charge in [0.05, 0.1) is 5.60 Å². The lowest BCUT2D eigenvalue weighted by Gasteiger charge is -2.51. The number of alkyl halides is 2. The molecule has 2 fully saturated rings. The number of aliphatic hydroxyl groups excluding tert-OH is 1. The molecular weight excluding hydrogens is 202 g/mol. The van der Waals surface area contributed by atoms with E-state index >= 15 is 0 Å². The molecule has 4 heteroatoms. The molecule has 0 amide bonds. The van der Waals surface area contributed by atoms with Crippen molar-refractivity contribution in [2.24, 2.45) is 11.8 Å². The molecule has 0 aromatic carbocycles. The minimum atomic E-state index is -3.15. The average molecular weight is 220 g/mol. The number of hydrogen-bond donors (Lipinski definition) is 2. The zero-order valence-corrected chi connectivity index (χ0v) is 8.92. The third kappa shape index (κ3) is 1.49. The van der Waals surface area contributed by atoms with Crippen LogP contribution in [0.3, 0.4) is 0 Å². The van der Waals surface area contributed by atoms with E-state index in [1.165, 1.54) is 6.92 Å². The summed E-state index contributed by atoms with van der Waals surface area (Å²) in [5.41, 5.74) is -1.55. The first-order valence-electron chi connectivity index (χ1n) is 5.67. The smallest absolute Gasteiger partial charge is 0.278 e. The third-order valence-electron chi connectivity index (χ3n) is 4.22. The zero-order chi connectivity index (χ0) is 11.3. The van der Waals surface area contributed by atoms with Crippen molar-refractivity contribution in [2.75, 3.05) is 0 Å². The maximum Gasteiger partial charge on any atom is 0.278 e. The molecule has 0 saturated heterocycles. The van der Waals surface area contributed by atoms with Gasteiger partial charge >= 0.3 is 0 Å². The van der Waals surface area contributed by atoms with Crippen LogP contribution in [0.15, 0.2) is 0 Å². The fourth-order valence-electron chi connectivity index (χ4n) is 3.12. The lowest BCUT2D eigenvalue weighted by molar-refractivity contribution is -0.269. The summed E-state index contributed by atoms with van der Waals surface area (Å²) in [5, 5.41) is 19.8. The first-order chi connectivity index (χ1) is 6.89. The van der Waals surface area contributed by atoms with Crippen LogP contribution in [0.5, 0.6) is 0 Å². The van der Waals surface area contributed by atoms with Crippen molar-refractivity contribution in [1.29, 1.82) is 0 Å². The highest BCUT2D eigenvalue weighted by molar-refractivity contribution is 5.07. The topological polar surface area (TPSA) is 40.5 Å². The Labute approximate surface area is 88.3 Å². The van der Waals surface area contributed by atoms with E-state index in [-0.39, 0.29) is 5.92 Å². The van der Waals surface area contributed by atoms with Crippen LogP contribution in [0.25, 0.3) is 0 Å². The number of rotatable bonds is 0.